The van der Waals surface area contributed by atoms with Crippen LogP contribution >= 0.6 is 0 Å². The topological polar surface area (TPSA) is 68.3 Å². The van der Waals surface area contributed by atoms with E-state index >= 15 is 0 Å². The summed E-state index contributed by atoms with van der Waals surface area (Å²) in [7, 11) is 0. The number of amides is 1. The number of aromatic nitrogens is 1. The van der Waals surface area contributed by atoms with Gasteiger partial charge in [0.15, 0.2) is 6.10 Å². The molecule has 2 aromatic carbocycles. The number of esters is 1. The van der Waals surface area contributed by atoms with Crippen molar-refractivity contribution < 1.29 is 18.7 Å². The second kappa shape index (κ2) is 8.43. The van der Waals surface area contributed by atoms with E-state index in [2.05, 4.69) is 10.3 Å². The molecule has 28 heavy (non-hydrogen) atoms. The van der Waals surface area contributed by atoms with E-state index in [9.17, 15) is 14.0 Å². The van der Waals surface area contributed by atoms with Crippen LogP contribution in [0.1, 0.15) is 13.8 Å². The number of halogens is 1. The summed E-state index contributed by atoms with van der Waals surface area (Å²) in [6.45, 7) is 2.76. The summed E-state index contributed by atoms with van der Waals surface area (Å²) in [5, 5.41) is 2.72. The van der Waals surface area contributed by atoms with Crippen LogP contribution < -0.4 is 5.32 Å². The highest BCUT2D eigenvalue weighted by molar-refractivity contribution is 5.95. The molecular formula is C22H19FN2O3. The lowest BCUT2D eigenvalue weighted by Crippen LogP contribution is -2.29. The number of ether oxygens (including phenoxy) is 1. The van der Waals surface area contributed by atoms with Crippen molar-refractivity contribution in [1.29, 1.82) is 0 Å². The fourth-order valence-electron chi connectivity index (χ4n) is 2.68. The van der Waals surface area contributed by atoms with Crippen LogP contribution in [0.25, 0.3) is 22.5 Å². The van der Waals surface area contributed by atoms with Crippen molar-refractivity contribution in [3.8, 4) is 22.5 Å². The molecule has 0 spiro atoms. The van der Waals surface area contributed by atoms with Crippen molar-refractivity contribution in [2.75, 3.05) is 5.32 Å². The number of hydrogen-bond acceptors (Lipinski definition) is 4. The van der Waals surface area contributed by atoms with Gasteiger partial charge in [0.2, 0.25) is 0 Å². The van der Waals surface area contributed by atoms with Gasteiger partial charge in [-0.15, -0.1) is 0 Å². The van der Waals surface area contributed by atoms with Gasteiger partial charge in [-0.3, -0.25) is 9.59 Å². The second-order valence-corrected chi connectivity index (χ2v) is 6.24. The number of pyridine rings is 1. The van der Waals surface area contributed by atoms with Gasteiger partial charge in [-0.25, -0.2) is 9.37 Å². The number of benzene rings is 2. The third-order valence-electron chi connectivity index (χ3n) is 4.03. The Hall–Kier alpha value is -3.54. The van der Waals surface area contributed by atoms with Crippen LogP contribution in [0, 0.1) is 5.82 Å². The number of carbonyl (C=O) groups excluding carboxylic acids is 2. The number of hydrogen-bond donors (Lipinski definition) is 1. The van der Waals surface area contributed by atoms with Gasteiger partial charge < -0.3 is 10.1 Å². The molecule has 0 fully saturated rings. The lowest BCUT2D eigenvalue weighted by Gasteiger charge is -2.13. The van der Waals surface area contributed by atoms with Crippen LogP contribution in [-0.4, -0.2) is 23.0 Å². The van der Waals surface area contributed by atoms with E-state index < -0.39 is 18.0 Å². The zero-order valence-corrected chi connectivity index (χ0v) is 15.5. The van der Waals surface area contributed by atoms with E-state index in [1.54, 1.807) is 30.3 Å². The third-order valence-corrected chi connectivity index (χ3v) is 4.03. The van der Waals surface area contributed by atoms with Gasteiger partial charge in [0.05, 0.1) is 11.4 Å². The van der Waals surface area contributed by atoms with Gasteiger partial charge >= 0.3 is 5.97 Å². The summed E-state index contributed by atoms with van der Waals surface area (Å²) in [5.74, 6) is -1.23. The fourth-order valence-corrected chi connectivity index (χ4v) is 2.68. The molecule has 0 aliphatic heterocycles. The van der Waals surface area contributed by atoms with E-state index in [1.165, 1.54) is 26.0 Å². The van der Waals surface area contributed by atoms with Gasteiger partial charge in [0, 0.05) is 23.7 Å². The van der Waals surface area contributed by atoms with Crippen molar-refractivity contribution >= 4 is 17.6 Å². The second-order valence-electron chi connectivity index (χ2n) is 6.24. The van der Waals surface area contributed by atoms with Gasteiger partial charge in [-0.2, -0.15) is 0 Å². The van der Waals surface area contributed by atoms with E-state index in [-0.39, 0.29) is 5.82 Å². The van der Waals surface area contributed by atoms with Gasteiger partial charge in [0.1, 0.15) is 5.82 Å². The number of carbonyl (C=O) groups is 2. The minimum atomic E-state index is -0.888. The summed E-state index contributed by atoms with van der Waals surface area (Å²) in [4.78, 5) is 27.7. The predicted molar refractivity (Wildman–Crippen MR) is 105 cm³/mol. The SMILES string of the molecule is CC(=O)O[C@@H](C)C(=O)Nc1cccc(-c2cccc(-c3ccc(F)cc3)n2)c1. The zero-order chi connectivity index (χ0) is 20.1. The van der Waals surface area contributed by atoms with Crippen LogP contribution in [0.5, 0.6) is 0 Å². The molecule has 1 aromatic heterocycles. The third kappa shape index (κ3) is 4.79. The molecular weight excluding hydrogens is 359 g/mol. The van der Waals surface area contributed by atoms with E-state index in [4.69, 9.17) is 4.74 Å². The van der Waals surface area contributed by atoms with Crippen molar-refractivity contribution in [3.05, 3.63) is 72.5 Å². The first-order valence-corrected chi connectivity index (χ1v) is 8.74. The summed E-state index contributed by atoms with van der Waals surface area (Å²) >= 11 is 0. The Morgan fingerprint density at radius 1 is 0.964 bits per heavy atom. The molecule has 1 N–H and O–H groups in total. The molecule has 0 bridgehead atoms. The molecule has 1 heterocycles. The highest BCUT2D eigenvalue weighted by atomic mass is 19.1. The van der Waals surface area contributed by atoms with E-state index in [1.807, 2.05) is 24.3 Å². The molecule has 1 atom stereocenters. The molecule has 0 radical (unpaired) electrons. The largest absolute Gasteiger partial charge is 0.453 e. The minimum Gasteiger partial charge on any atom is -0.453 e. The van der Waals surface area contributed by atoms with Crippen molar-refractivity contribution in [2.24, 2.45) is 0 Å². The number of nitrogens with one attached hydrogen (secondary N) is 1. The van der Waals surface area contributed by atoms with Gasteiger partial charge in [-0.1, -0.05) is 18.2 Å². The minimum absolute atomic E-state index is 0.300. The van der Waals surface area contributed by atoms with Gasteiger partial charge in [-0.05, 0) is 55.5 Å². The average Bonchev–Trinajstić information content (AvgIpc) is 2.68. The average molecular weight is 378 g/mol. The molecule has 5 nitrogen and oxygen atoms in total. The lowest BCUT2D eigenvalue weighted by molar-refractivity contribution is -0.150. The molecule has 0 unspecified atom stereocenters. The lowest BCUT2D eigenvalue weighted by atomic mass is 10.1. The summed E-state index contributed by atoms with van der Waals surface area (Å²) in [6.07, 6.45) is -0.888. The first-order valence-electron chi connectivity index (χ1n) is 8.74. The number of anilines is 1. The Bertz CT molecular complexity index is 1000. The monoisotopic (exact) mass is 378 g/mol. The molecule has 6 heteroatoms. The summed E-state index contributed by atoms with van der Waals surface area (Å²) < 4.78 is 18.0. The molecule has 0 aliphatic carbocycles. The Kier molecular flexibility index (Phi) is 5.79. The first-order chi connectivity index (χ1) is 13.4. The van der Waals surface area contributed by atoms with Crippen LogP contribution in [-0.2, 0) is 14.3 Å². The Balaban J connectivity index is 1.82. The smallest absolute Gasteiger partial charge is 0.303 e. The Labute approximate surface area is 162 Å². The van der Waals surface area contributed by atoms with Crippen LogP contribution in [0.3, 0.4) is 0 Å². The highest BCUT2D eigenvalue weighted by Gasteiger charge is 2.16. The first kappa shape index (κ1) is 19.2. The summed E-state index contributed by atoms with van der Waals surface area (Å²) in [5.41, 5.74) is 3.61. The van der Waals surface area contributed by atoms with Crippen molar-refractivity contribution in [1.82, 2.24) is 4.98 Å². The molecule has 3 aromatic rings. The van der Waals surface area contributed by atoms with Crippen LogP contribution in [0.2, 0.25) is 0 Å². The van der Waals surface area contributed by atoms with Crippen molar-refractivity contribution in [3.63, 3.8) is 0 Å². The Morgan fingerprint density at radius 3 is 2.29 bits per heavy atom. The molecule has 0 saturated heterocycles. The maximum absolute atomic E-state index is 13.1. The molecule has 0 aliphatic rings. The zero-order valence-electron chi connectivity index (χ0n) is 15.5. The molecule has 3 rings (SSSR count). The maximum atomic E-state index is 13.1. The predicted octanol–water partition coefficient (Wildman–Crippen LogP) is 4.44. The molecule has 0 saturated carbocycles. The standard InChI is InChI=1S/C22H19FN2O3/c1-14(28-15(2)26)22(27)24-19-6-3-5-17(13-19)21-8-4-7-20(25-21)16-9-11-18(23)12-10-16/h3-14H,1-2H3,(H,24,27)/t14-/m0/s1. The quantitative estimate of drug-likeness (QED) is 0.666. The summed E-state index contributed by atoms with van der Waals surface area (Å²) in [6, 6.07) is 18.9. The van der Waals surface area contributed by atoms with Crippen molar-refractivity contribution in [2.45, 2.75) is 20.0 Å². The normalized spacial score (nSPS) is 11.5. The van der Waals surface area contributed by atoms with Crippen LogP contribution in [0.4, 0.5) is 10.1 Å². The highest BCUT2D eigenvalue weighted by Crippen LogP contribution is 2.25. The Morgan fingerprint density at radius 2 is 1.61 bits per heavy atom. The van der Waals surface area contributed by atoms with Crippen LogP contribution in [0.15, 0.2) is 66.7 Å². The molecule has 142 valence electrons. The van der Waals surface area contributed by atoms with E-state index in [0.717, 1.165) is 16.8 Å². The maximum Gasteiger partial charge on any atom is 0.303 e. The van der Waals surface area contributed by atoms with Gasteiger partial charge in [0.25, 0.3) is 5.91 Å². The van der Waals surface area contributed by atoms with E-state index in [0.29, 0.717) is 11.4 Å². The fraction of sp³-hybridized carbons (Fsp3) is 0.136. The molecule has 1 amide bonds. The number of nitrogens with zero attached hydrogens (tertiary/aromatic N) is 1. The number of rotatable bonds is 5.